The van der Waals surface area contributed by atoms with Crippen LogP contribution in [0.3, 0.4) is 0 Å². The number of hydrogen-bond acceptors (Lipinski definition) is 5. The summed E-state index contributed by atoms with van der Waals surface area (Å²) in [6.45, 7) is 10.0. The molecule has 2 fully saturated rings. The van der Waals surface area contributed by atoms with Crippen molar-refractivity contribution in [3.63, 3.8) is 0 Å². The first-order valence-electron chi connectivity index (χ1n) is 11.3. The van der Waals surface area contributed by atoms with Gasteiger partial charge in [0.1, 0.15) is 0 Å². The summed E-state index contributed by atoms with van der Waals surface area (Å²) in [7, 11) is 0. The maximum absolute atomic E-state index is 13.0. The zero-order valence-corrected chi connectivity index (χ0v) is 18.4. The molecule has 0 saturated carbocycles. The minimum Gasteiger partial charge on any atom is -0.490 e. The third kappa shape index (κ3) is 5.88. The molecular weight excluding hydrogens is 382 g/mol. The number of piperazine rings is 1. The van der Waals surface area contributed by atoms with E-state index in [-0.39, 0.29) is 11.8 Å². The first kappa shape index (κ1) is 22.4. The van der Waals surface area contributed by atoms with Gasteiger partial charge in [0.25, 0.3) is 5.91 Å². The summed E-state index contributed by atoms with van der Waals surface area (Å²) in [5, 5.41) is 0. The Bertz CT molecular complexity index is 710. The van der Waals surface area contributed by atoms with Crippen LogP contribution in [0.1, 0.15) is 49.9 Å². The Hall–Kier alpha value is -2.28. The van der Waals surface area contributed by atoms with Crippen molar-refractivity contribution in [3.8, 4) is 11.5 Å². The standard InChI is InChI=1S/C23H35N3O4/c1-3-16-30-20-9-8-19(17-21(20)29-4-2)23(28)26-14-12-24(13-15-26)18-22(27)25-10-6-5-7-11-25/h8-9,17H,3-7,10-16,18H2,1-2H3. The summed E-state index contributed by atoms with van der Waals surface area (Å²) >= 11 is 0. The number of hydrogen-bond donors (Lipinski definition) is 0. The molecule has 1 aromatic rings. The molecule has 0 bridgehead atoms. The topological polar surface area (TPSA) is 62.3 Å². The zero-order valence-electron chi connectivity index (χ0n) is 18.4. The molecule has 2 amide bonds. The van der Waals surface area contributed by atoms with Gasteiger partial charge in [0.2, 0.25) is 5.91 Å². The average Bonchev–Trinajstić information content (AvgIpc) is 2.79. The summed E-state index contributed by atoms with van der Waals surface area (Å²) in [6.07, 6.45) is 4.36. The molecule has 0 aliphatic carbocycles. The van der Waals surface area contributed by atoms with Crippen LogP contribution in [0.4, 0.5) is 0 Å². The summed E-state index contributed by atoms with van der Waals surface area (Å²) in [5.74, 6) is 1.51. The fourth-order valence-corrected chi connectivity index (χ4v) is 3.97. The fraction of sp³-hybridized carbons (Fsp3) is 0.652. The van der Waals surface area contributed by atoms with E-state index in [9.17, 15) is 9.59 Å². The number of amides is 2. The Morgan fingerprint density at radius 1 is 0.867 bits per heavy atom. The van der Waals surface area contributed by atoms with Crippen LogP contribution in [0.25, 0.3) is 0 Å². The van der Waals surface area contributed by atoms with Crippen molar-refractivity contribution in [1.82, 2.24) is 14.7 Å². The molecule has 7 heteroatoms. The van der Waals surface area contributed by atoms with Gasteiger partial charge in [-0.05, 0) is 50.8 Å². The Labute approximate surface area is 179 Å². The third-order valence-corrected chi connectivity index (χ3v) is 5.68. The van der Waals surface area contributed by atoms with Gasteiger partial charge in [-0.2, -0.15) is 0 Å². The maximum Gasteiger partial charge on any atom is 0.254 e. The molecule has 0 spiro atoms. The Kier molecular flexibility index (Phi) is 8.37. The molecule has 2 aliphatic rings. The number of carbonyl (C=O) groups excluding carboxylic acids is 2. The minimum atomic E-state index is 0.00000151. The summed E-state index contributed by atoms with van der Waals surface area (Å²) in [4.78, 5) is 31.5. The van der Waals surface area contributed by atoms with Gasteiger partial charge in [-0.15, -0.1) is 0 Å². The highest BCUT2D eigenvalue weighted by molar-refractivity contribution is 5.95. The highest BCUT2D eigenvalue weighted by Crippen LogP contribution is 2.29. The van der Waals surface area contributed by atoms with Gasteiger partial charge in [-0.1, -0.05) is 6.92 Å². The van der Waals surface area contributed by atoms with Crippen LogP contribution in [-0.4, -0.2) is 85.5 Å². The molecule has 0 unspecified atom stereocenters. The Balaban J connectivity index is 1.54. The highest BCUT2D eigenvalue weighted by Gasteiger charge is 2.26. The zero-order chi connectivity index (χ0) is 21.3. The molecule has 0 N–H and O–H groups in total. The van der Waals surface area contributed by atoms with E-state index < -0.39 is 0 Å². The van der Waals surface area contributed by atoms with Gasteiger partial charge in [0.15, 0.2) is 11.5 Å². The molecule has 2 saturated heterocycles. The number of nitrogens with zero attached hydrogens (tertiary/aromatic N) is 3. The second kappa shape index (κ2) is 11.2. The SMILES string of the molecule is CCCOc1ccc(C(=O)N2CCN(CC(=O)N3CCCCC3)CC2)cc1OCC. The molecule has 0 atom stereocenters. The van der Waals surface area contributed by atoms with Crippen molar-refractivity contribution in [1.29, 1.82) is 0 Å². The van der Waals surface area contributed by atoms with Crippen molar-refractivity contribution in [2.45, 2.75) is 39.5 Å². The average molecular weight is 418 g/mol. The number of ether oxygens (including phenoxy) is 2. The molecule has 3 rings (SSSR count). The van der Waals surface area contributed by atoms with Gasteiger partial charge >= 0.3 is 0 Å². The Morgan fingerprint density at radius 2 is 1.60 bits per heavy atom. The second-order valence-electron chi connectivity index (χ2n) is 7.95. The number of carbonyl (C=O) groups is 2. The van der Waals surface area contributed by atoms with Crippen LogP contribution >= 0.6 is 0 Å². The molecule has 30 heavy (non-hydrogen) atoms. The maximum atomic E-state index is 13.0. The van der Waals surface area contributed by atoms with E-state index in [0.717, 1.165) is 45.4 Å². The minimum absolute atomic E-state index is 0.00000151. The van der Waals surface area contributed by atoms with Crippen LogP contribution in [0.15, 0.2) is 18.2 Å². The van der Waals surface area contributed by atoms with Gasteiger partial charge in [-0.25, -0.2) is 0 Å². The molecule has 2 aliphatic heterocycles. The predicted octanol–water partition coefficient (Wildman–Crippen LogP) is 2.64. The van der Waals surface area contributed by atoms with Crippen LogP contribution in [0.2, 0.25) is 0 Å². The second-order valence-corrected chi connectivity index (χ2v) is 7.95. The van der Waals surface area contributed by atoms with Crippen molar-refractivity contribution in [2.75, 3.05) is 59.0 Å². The van der Waals surface area contributed by atoms with Crippen molar-refractivity contribution >= 4 is 11.8 Å². The smallest absolute Gasteiger partial charge is 0.254 e. The van der Waals surface area contributed by atoms with Gasteiger partial charge in [-0.3, -0.25) is 14.5 Å². The summed E-state index contributed by atoms with van der Waals surface area (Å²) in [5.41, 5.74) is 0.611. The van der Waals surface area contributed by atoms with Gasteiger partial charge in [0, 0.05) is 44.8 Å². The quantitative estimate of drug-likeness (QED) is 0.651. The van der Waals surface area contributed by atoms with Crippen molar-refractivity contribution in [2.24, 2.45) is 0 Å². The first-order chi connectivity index (χ1) is 14.6. The normalized spacial score (nSPS) is 17.7. The van der Waals surface area contributed by atoms with E-state index >= 15 is 0 Å². The molecule has 0 aromatic heterocycles. The van der Waals surface area contributed by atoms with Gasteiger partial charge in [0.05, 0.1) is 19.8 Å². The number of benzene rings is 1. The summed E-state index contributed by atoms with van der Waals surface area (Å²) < 4.78 is 11.4. The van der Waals surface area contributed by atoms with E-state index in [0.29, 0.717) is 49.9 Å². The van der Waals surface area contributed by atoms with Crippen molar-refractivity contribution in [3.05, 3.63) is 23.8 Å². The lowest BCUT2D eigenvalue weighted by Gasteiger charge is -2.36. The van der Waals surface area contributed by atoms with E-state index in [1.165, 1.54) is 6.42 Å². The molecular formula is C23H35N3O4. The van der Waals surface area contributed by atoms with Crippen LogP contribution < -0.4 is 9.47 Å². The Morgan fingerprint density at radius 3 is 2.27 bits per heavy atom. The number of piperidine rings is 1. The molecule has 7 nitrogen and oxygen atoms in total. The predicted molar refractivity (Wildman–Crippen MR) is 116 cm³/mol. The van der Waals surface area contributed by atoms with Crippen LogP contribution in [0.5, 0.6) is 11.5 Å². The van der Waals surface area contributed by atoms with Crippen LogP contribution in [-0.2, 0) is 4.79 Å². The van der Waals surface area contributed by atoms with E-state index in [2.05, 4.69) is 11.8 Å². The fourth-order valence-electron chi connectivity index (χ4n) is 3.97. The lowest BCUT2D eigenvalue weighted by Crippen LogP contribution is -2.52. The first-order valence-corrected chi connectivity index (χ1v) is 11.3. The summed E-state index contributed by atoms with van der Waals surface area (Å²) in [6, 6.07) is 5.41. The van der Waals surface area contributed by atoms with E-state index in [4.69, 9.17) is 9.47 Å². The largest absolute Gasteiger partial charge is 0.490 e. The highest BCUT2D eigenvalue weighted by atomic mass is 16.5. The number of likely N-dealkylation sites (tertiary alicyclic amines) is 1. The van der Waals surface area contributed by atoms with E-state index in [1.54, 1.807) is 6.07 Å². The molecule has 1 aromatic carbocycles. The number of rotatable bonds is 8. The lowest BCUT2D eigenvalue weighted by atomic mass is 10.1. The van der Waals surface area contributed by atoms with Gasteiger partial charge < -0.3 is 19.3 Å². The van der Waals surface area contributed by atoms with Crippen molar-refractivity contribution < 1.29 is 19.1 Å². The van der Waals surface area contributed by atoms with E-state index in [1.807, 2.05) is 28.9 Å². The monoisotopic (exact) mass is 417 g/mol. The molecule has 166 valence electrons. The molecule has 0 radical (unpaired) electrons. The lowest BCUT2D eigenvalue weighted by molar-refractivity contribution is -0.133. The molecule has 2 heterocycles. The van der Waals surface area contributed by atoms with Crippen LogP contribution in [0, 0.1) is 0 Å². The third-order valence-electron chi connectivity index (χ3n) is 5.68.